The number of ether oxygens (including phenoxy) is 1. The van der Waals surface area contributed by atoms with Crippen molar-refractivity contribution in [3.8, 4) is 0 Å². The van der Waals surface area contributed by atoms with Crippen molar-refractivity contribution in [1.82, 2.24) is 10.6 Å². The first-order chi connectivity index (χ1) is 7.04. The SMILES string of the molecule is COC1CNC(C(=O)NC(C)C(C)C)C1. The molecule has 1 aliphatic rings. The van der Waals surface area contributed by atoms with E-state index in [9.17, 15) is 4.79 Å². The average molecular weight is 214 g/mol. The maximum absolute atomic E-state index is 11.8. The van der Waals surface area contributed by atoms with Gasteiger partial charge in [-0.1, -0.05) is 13.8 Å². The molecule has 1 amide bonds. The zero-order valence-corrected chi connectivity index (χ0v) is 10.0. The Hall–Kier alpha value is -0.610. The van der Waals surface area contributed by atoms with Crippen molar-refractivity contribution >= 4 is 5.91 Å². The molecule has 4 nitrogen and oxygen atoms in total. The summed E-state index contributed by atoms with van der Waals surface area (Å²) in [5, 5.41) is 6.17. The van der Waals surface area contributed by atoms with E-state index >= 15 is 0 Å². The van der Waals surface area contributed by atoms with Gasteiger partial charge < -0.3 is 15.4 Å². The van der Waals surface area contributed by atoms with Gasteiger partial charge in [0.2, 0.25) is 5.91 Å². The molecule has 0 aliphatic carbocycles. The third-order valence-electron chi connectivity index (χ3n) is 3.11. The summed E-state index contributed by atoms with van der Waals surface area (Å²) < 4.78 is 5.20. The number of nitrogens with one attached hydrogen (secondary N) is 2. The quantitative estimate of drug-likeness (QED) is 0.717. The number of methoxy groups -OCH3 is 1. The van der Waals surface area contributed by atoms with Gasteiger partial charge in [-0.15, -0.1) is 0 Å². The van der Waals surface area contributed by atoms with Crippen molar-refractivity contribution in [3.63, 3.8) is 0 Å². The molecule has 4 heteroatoms. The summed E-state index contributed by atoms with van der Waals surface area (Å²) in [4.78, 5) is 11.8. The fourth-order valence-electron chi connectivity index (χ4n) is 1.57. The Morgan fingerprint density at radius 1 is 1.47 bits per heavy atom. The molecule has 0 aromatic carbocycles. The minimum atomic E-state index is -0.0869. The summed E-state index contributed by atoms with van der Waals surface area (Å²) in [5.41, 5.74) is 0. The molecule has 1 rings (SSSR count). The maximum Gasteiger partial charge on any atom is 0.237 e. The molecule has 1 heterocycles. The van der Waals surface area contributed by atoms with Crippen LogP contribution in [0.1, 0.15) is 27.2 Å². The Bertz CT molecular complexity index is 219. The standard InChI is InChI=1S/C11H22N2O2/c1-7(2)8(3)13-11(14)10-5-9(15-4)6-12-10/h7-10,12H,5-6H2,1-4H3,(H,13,14). The van der Waals surface area contributed by atoms with Gasteiger partial charge >= 0.3 is 0 Å². The van der Waals surface area contributed by atoms with Crippen LogP contribution >= 0.6 is 0 Å². The van der Waals surface area contributed by atoms with Crippen LogP contribution in [0.2, 0.25) is 0 Å². The normalized spacial score (nSPS) is 28.1. The molecule has 0 radical (unpaired) electrons. The highest BCUT2D eigenvalue weighted by molar-refractivity contribution is 5.82. The molecule has 3 unspecified atom stereocenters. The lowest BCUT2D eigenvalue weighted by Gasteiger charge is -2.20. The zero-order chi connectivity index (χ0) is 11.4. The van der Waals surface area contributed by atoms with Crippen molar-refractivity contribution in [3.05, 3.63) is 0 Å². The number of amides is 1. The predicted molar refractivity (Wildman–Crippen MR) is 59.6 cm³/mol. The molecule has 1 aliphatic heterocycles. The van der Waals surface area contributed by atoms with E-state index in [1.807, 2.05) is 6.92 Å². The number of rotatable bonds is 4. The van der Waals surface area contributed by atoms with Crippen LogP contribution in [-0.2, 0) is 9.53 Å². The van der Waals surface area contributed by atoms with Gasteiger partial charge in [0.1, 0.15) is 0 Å². The van der Waals surface area contributed by atoms with Crippen LogP contribution in [-0.4, -0.2) is 37.7 Å². The van der Waals surface area contributed by atoms with Crippen molar-refractivity contribution in [1.29, 1.82) is 0 Å². The molecule has 15 heavy (non-hydrogen) atoms. The summed E-state index contributed by atoms with van der Waals surface area (Å²) >= 11 is 0. The smallest absolute Gasteiger partial charge is 0.237 e. The monoisotopic (exact) mass is 214 g/mol. The second-order valence-corrected chi connectivity index (χ2v) is 4.60. The molecular weight excluding hydrogens is 192 g/mol. The minimum absolute atomic E-state index is 0.0869. The Balaban J connectivity index is 2.35. The van der Waals surface area contributed by atoms with Gasteiger partial charge in [-0.05, 0) is 19.3 Å². The average Bonchev–Trinajstić information content (AvgIpc) is 2.65. The van der Waals surface area contributed by atoms with Crippen LogP contribution in [0.25, 0.3) is 0 Å². The Kier molecular flexibility index (Phi) is 4.54. The fourth-order valence-corrected chi connectivity index (χ4v) is 1.57. The van der Waals surface area contributed by atoms with E-state index in [-0.39, 0.29) is 24.1 Å². The Morgan fingerprint density at radius 2 is 2.13 bits per heavy atom. The number of carbonyl (C=O) groups excluding carboxylic acids is 1. The molecule has 0 spiro atoms. The third kappa shape index (κ3) is 3.47. The summed E-state index contributed by atoms with van der Waals surface area (Å²) in [7, 11) is 1.68. The van der Waals surface area contributed by atoms with E-state index < -0.39 is 0 Å². The summed E-state index contributed by atoms with van der Waals surface area (Å²) in [5.74, 6) is 0.560. The molecule has 0 aromatic rings. The second-order valence-electron chi connectivity index (χ2n) is 4.60. The highest BCUT2D eigenvalue weighted by Crippen LogP contribution is 2.10. The molecule has 2 N–H and O–H groups in total. The van der Waals surface area contributed by atoms with Gasteiger partial charge in [0.05, 0.1) is 12.1 Å². The lowest BCUT2D eigenvalue weighted by Crippen LogP contribution is -2.45. The van der Waals surface area contributed by atoms with Gasteiger partial charge in [-0.25, -0.2) is 0 Å². The molecule has 1 fully saturated rings. The van der Waals surface area contributed by atoms with Gasteiger partial charge in [-0.2, -0.15) is 0 Å². The summed E-state index contributed by atoms with van der Waals surface area (Å²) in [6.45, 7) is 7.01. The van der Waals surface area contributed by atoms with Crippen molar-refractivity contribution < 1.29 is 9.53 Å². The minimum Gasteiger partial charge on any atom is -0.380 e. The first-order valence-corrected chi connectivity index (χ1v) is 5.61. The predicted octanol–water partition coefficient (Wildman–Crippen LogP) is 0.524. The van der Waals surface area contributed by atoms with Gasteiger partial charge in [0.15, 0.2) is 0 Å². The number of carbonyl (C=O) groups is 1. The van der Waals surface area contributed by atoms with E-state index in [0.29, 0.717) is 5.92 Å². The van der Waals surface area contributed by atoms with Gasteiger partial charge in [0.25, 0.3) is 0 Å². The first-order valence-electron chi connectivity index (χ1n) is 5.61. The van der Waals surface area contributed by atoms with Crippen molar-refractivity contribution in [2.24, 2.45) is 5.92 Å². The molecule has 3 atom stereocenters. The first kappa shape index (κ1) is 12.5. The van der Waals surface area contributed by atoms with E-state index in [1.54, 1.807) is 7.11 Å². The third-order valence-corrected chi connectivity index (χ3v) is 3.11. The highest BCUT2D eigenvalue weighted by Gasteiger charge is 2.29. The molecular formula is C11H22N2O2. The van der Waals surface area contributed by atoms with E-state index in [4.69, 9.17) is 4.74 Å². The number of hydrogen-bond acceptors (Lipinski definition) is 3. The zero-order valence-electron chi connectivity index (χ0n) is 10.0. The summed E-state index contributed by atoms with van der Waals surface area (Å²) in [6, 6.07) is 0.136. The van der Waals surface area contributed by atoms with Crippen LogP contribution in [0.15, 0.2) is 0 Å². The van der Waals surface area contributed by atoms with Gasteiger partial charge in [-0.3, -0.25) is 4.79 Å². The Labute approximate surface area is 91.8 Å². The van der Waals surface area contributed by atoms with Crippen LogP contribution in [0.3, 0.4) is 0 Å². The fraction of sp³-hybridized carbons (Fsp3) is 0.909. The van der Waals surface area contributed by atoms with Gasteiger partial charge in [0, 0.05) is 19.7 Å². The number of hydrogen-bond donors (Lipinski definition) is 2. The second kappa shape index (κ2) is 5.47. The topological polar surface area (TPSA) is 50.4 Å². The lowest BCUT2D eigenvalue weighted by molar-refractivity contribution is -0.123. The van der Waals surface area contributed by atoms with Crippen LogP contribution in [0.4, 0.5) is 0 Å². The molecule has 1 saturated heterocycles. The summed E-state index contributed by atoms with van der Waals surface area (Å²) in [6.07, 6.45) is 0.947. The molecule has 88 valence electrons. The molecule has 0 aromatic heterocycles. The van der Waals surface area contributed by atoms with E-state index in [1.165, 1.54) is 0 Å². The highest BCUT2D eigenvalue weighted by atomic mass is 16.5. The lowest BCUT2D eigenvalue weighted by atomic mass is 10.1. The van der Waals surface area contributed by atoms with Crippen molar-refractivity contribution in [2.45, 2.75) is 45.4 Å². The Morgan fingerprint density at radius 3 is 2.60 bits per heavy atom. The molecule has 0 saturated carbocycles. The van der Waals surface area contributed by atoms with Crippen LogP contribution in [0, 0.1) is 5.92 Å². The maximum atomic E-state index is 11.8. The van der Waals surface area contributed by atoms with Crippen LogP contribution in [0.5, 0.6) is 0 Å². The van der Waals surface area contributed by atoms with E-state index in [0.717, 1.165) is 13.0 Å². The molecule has 0 bridgehead atoms. The van der Waals surface area contributed by atoms with E-state index in [2.05, 4.69) is 24.5 Å². The van der Waals surface area contributed by atoms with Crippen molar-refractivity contribution in [2.75, 3.05) is 13.7 Å². The van der Waals surface area contributed by atoms with Crippen LogP contribution < -0.4 is 10.6 Å². The largest absolute Gasteiger partial charge is 0.380 e.